The second-order valence-corrected chi connectivity index (χ2v) is 7.76. The Labute approximate surface area is 150 Å². The Bertz CT molecular complexity index is 668. The number of rotatable bonds is 5. The minimum atomic E-state index is 0.157. The van der Waals surface area contributed by atoms with Gasteiger partial charge >= 0.3 is 0 Å². The van der Waals surface area contributed by atoms with Crippen molar-refractivity contribution in [2.45, 2.75) is 45.6 Å². The molecule has 2 aromatic carbocycles. The molecular formula is C21H26ClNO. The van der Waals surface area contributed by atoms with Crippen molar-refractivity contribution in [1.29, 1.82) is 0 Å². The van der Waals surface area contributed by atoms with Crippen LogP contribution in [0, 0.1) is 0 Å². The maximum atomic E-state index is 12.3. The third-order valence-corrected chi connectivity index (χ3v) is 4.46. The quantitative estimate of drug-likeness (QED) is 0.728. The lowest BCUT2D eigenvalue weighted by molar-refractivity contribution is -0.130. The van der Waals surface area contributed by atoms with E-state index in [1.807, 2.05) is 31.3 Å². The first-order valence-electron chi connectivity index (χ1n) is 8.33. The summed E-state index contributed by atoms with van der Waals surface area (Å²) >= 11 is 5.89. The average Bonchev–Trinajstić information content (AvgIpc) is 2.54. The van der Waals surface area contributed by atoms with Gasteiger partial charge in [-0.15, -0.1) is 0 Å². The lowest BCUT2D eigenvalue weighted by atomic mass is 9.86. The summed E-state index contributed by atoms with van der Waals surface area (Å²) in [5.41, 5.74) is 3.77. The van der Waals surface area contributed by atoms with Crippen molar-refractivity contribution in [3.8, 4) is 0 Å². The molecule has 0 bridgehead atoms. The lowest BCUT2D eigenvalue weighted by Crippen LogP contribution is -2.26. The smallest absolute Gasteiger partial charge is 0.222 e. The van der Waals surface area contributed by atoms with Gasteiger partial charge in [0.15, 0.2) is 0 Å². The fraction of sp³-hybridized carbons (Fsp3) is 0.381. The Morgan fingerprint density at radius 1 is 0.958 bits per heavy atom. The van der Waals surface area contributed by atoms with E-state index < -0.39 is 0 Å². The Morgan fingerprint density at radius 3 is 2.04 bits per heavy atom. The third-order valence-electron chi connectivity index (χ3n) is 4.21. The number of hydrogen-bond acceptors (Lipinski definition) is 1. The summed E-state index contributed by atoms with van der Waals surface area (Å²) in [5, 5.41) is 0.714. The molecule has 0 fully saturated rings. The standard InChI is InChI=1S/C21H26ClNO/c1-21(2,3)18-10-5-16(6-11-18)9-14-20(24)23(4)15-17-7-12-19(22)13-8-17/h5-8,10-13H,9,14-15H2,1-4H3. The van der Waals surface area contributed by atoms with E-state index in [9.17, 15) is 4.79 Å². The zero-order chi connectivity index (χ0) is 17.7. The topological polar surface area (TPSA) is 20.3 Å². The maximum Gasteiger partial charge on any atom is 0.222 e. The number of benzene rings is 2. The van der Waals surface area contributed by atoms with Crippen LogP contribution in [0.15, 0.2) is 48.5 Å². The van der Waals surface area contributed by atoms with E-state index in [0.717, 1.165) is 12.0 Å². The maximum absolute atomic E-state index is 12.3. The molecule has 24 heavy (non-hydrogen) atoms. The molecule has 2 aromatic rings. The molecular weight excluding hydrogens is 318 g/mol. The Hall–Kier alpha value is -1.80. The second kappa shape index (κ2) is 7.85. The van der Waals surface area contributed by atoms with Gasteiger partial charge < -0.3 is 4.90 Å². The average molecular weight is 344 g/mol. The SMILES string of the molecule is CN(Cc1ccc(Cl)cc1)C(=O)CCc1ccc(C(C)(C)C)cc1. The minimum absolute atomic E-state index is 0.157. The van der Waals surface area contributed by atoms with Crippen LogP contribution in [0.1, 0.15) is 43.9 Å². The van der Waals surface area contributed by atoms with Gasteiger partial charge in [0.2, 0.25) is 5.91 Å². The lowest BCUT2D eigenvalue weighted by Gasteiger charge is -2.19. The zero-order valence-corrected chi connectivity index (χ0v) is 15.7. The molecule has 0 aromatic heterocycles. The fourth-order valence-electron chi connectivity index (χ4n) is 2.57. The van der Waals surface area contributed by atoms with Crippen LogP contribution >= 0.6 is 11.6 Å². The fourth-order valence-corrected chi connectivity index (χ4v) is 2.69. The molecule has 128 valence electrons. The molecule has 0 aliphatic heterocycles. The largest absolute Gasteiger partial charge is 0.341 e. The van der Waals surface area contributed by atoms with E-state index in [0.29, 0.717) is 18.0 Å². The summed E-state index contributed by atoms with van der Waals surface area (Å²) in [5.74, 6) is 0.157. The summed E-state index contributed by atoms with van der Waals surface area (Å²) in [7, 11) is 1.85. The van der Waals surface area contributed by atoms with Crippen molar-refractivity contribution in [3.63, 3.8) is 0 Å². The normalized spacial score (nSPS) is 11.4. The van der Waals surface area contributed by atoms with Crippen molar-refractivity contribution in [2.75, 3.05) is 7.05 Å². The van der Waals surface area contributed by atoms with E-state index in [1.165, 1.54) is 11.1 Å². The summed E-state index contributed by atoms with van der Waals surface area (Å²) in [6.45, 7) is 7.23. The first-order chi connectivity index (χ1) is 11.3. The van der Waals surface area contributed by atoms with E-state index >= 15 is 0 Å². The van der Waals surface area contributed by atoms with Crippen molar-refractivity contribution >= 4 is 17.5 Å². The Balaban J connectivity index is 1.86. The second-order valence-electron chi connectivity index (χ2n) is 7.32. The number of carbonyl (C=O) groups is 1. The van der Waals surface area contributed by atoms with Gasteiger partial charge in [0.05, 0.1) is 0 Å². The van der Waals surface area contributed by atoms with Crippen molar-refractivity contribution < 1.29 is 4.79 Å². The summed E-state index contributed by atoms with van der Waals surface area (Å²) < 4.78 is 0. The Kier molecular flexibility index (Phi) is 6.06. The van der Waals surface area contributed by atoms with Crippen LogP contribution < -0.4 is 0 Å². The van der Waals surface area contributed by atoms with Crippen LogP contribution in [-0.4, -0.2) is 17.9 Å². The number of halogens is 1. The predicted molar refractivity (Wildman–Crippen MR) is 101 cm³/mol. The highest BCUT2D eigenvalue weighted by Gasteiger charge is 2.13. The highest BCUT2D eigenvalue weighted by molar-refractivity contribution is 6.30. The molecule has 0 saturated heterocycles. The van der Waals surface area contributed by atoms with E-state index in [1.54, 1.807) is 4.90 Å². The van der Waals surface area contributed by atoms with Crippen LogP contribution in [-0.2, 0) is 23.2 Å². The van der Waals surface area contributed by atoms with Gasteiger partial charge in [-0.25, -0.2) is 0 Å². The number of carbonyl (C=O) groups excluding carboxylic acids is 1. The first kappa shape index (κ1) is 18.5. The van der Waals surface area contributed by atoms with Crippen LogP contribution in [0.25, 0.3) is 0 Å². The molecule has 2 rings (SSSR count). The van der Waals surface area contributed by atoms with Crippen molar-refractivity contribution in [3.05, 3.63) is 70.2 Å². The van der Waals surface area contributed by atoms with Gasteiger partial charge in [0, 0.05) is 25.0 Å². The van der Waals surface area contributed by atoms with Crippen LogP contribution in [0.3, 0.4) is 0 Å². The van der Waals surface area contributed by atoms with Crippen LogP contribution in [0.5, 0.6) is 0 Å². The van der Waals surface area contributed by atoms with Gasteiger partial charge in [-0.2, -0.15) is 0 Å². The molecule has 0 unspecified atom stereocenters. The number of amides is 1. The molecule has 2 nitrogen and oxygen atoms in total. The van der Waals surface area contributed by atoms with E-state index in [2.05, 4.69) is 45.0 Å². The van der Waals surface area contributed by atoms with Gasteiger partial charge in [0.25, 0.3) is 0 Å². The molecule has 0 radical (unpaired) electrons. The first-order valence-corrected chi connectivity index (χ1v) is 8.71. The third kappa shape index (κ3) is 5.38. The summed E-state index contributed by atoms with van der Waals surface area (Å²) in [6, 6.07) is 16.2. The van der Waals surface area contributed by atoms with E-state index in [-0.39, 0.29) is 11.3 Å². The van der Waals surface area contributed by atoms with Crippen LogP contribution in [0.2, 0.25) is 5.02 Å². The minimum Gasteiger partial charge on any atom is -0.341 e. The molecule has 0 spiro atoms. The van der Waals surface area contributed by atoms with E-state index in [4.69, 9.17) is 11.6 Å². The number of hydrogen-bond donors (Lipinski definition) is 0. The molecule has 0 heterocycles. The highest BCUT2D eigenvalue weighted by Crippen LogP contribution is 2.22. The van der Waals surface area contributed by atoms with Crippen molar-refractivity contribution in [1.82, 2.24) is 4.90 Å². The summed E-state index contributed by atoms with van der Waals surface area (Å²) in [4.78, 5) is 14.1. The molecule has 0 aliphatic carbocycles. The molecule has 3 heteroatoms. The molecule has 0 N–H and O–H groups in total. The van der Waals surface area contributed by atoms with Gasteiger partial charge in [-0.05, 0) is 40.7 Å². The molecule has 0 aliphatic rings. The highest BCUT2D eigenvalue weighted by atomic mass is 35.5. The monoisotopic (exact) mass is 343 g/mol. The zero-order valence-electron chi connectivity index (χ0n) is 15.0. The molecule has 0 saturated carbocycles. The predicted octanol–water partition coefficient (Wildman–Crippen LogP) is 5.23. The van der Waals surface area contributed by atoms with Gasteiger partial charge in [-0.3, -0.25) is 4.79 Å². The summed E-state index contributed by atoms with van der Waals surface area (Å²) in [6.07, 6.45) is 1.30. The number of aryl methyl sites for hydroxylation is 1. The van der Waals surface area contributed by atoms with Crippen LogP contribution in [0.4, 0.5) is 0 Å². The molecule has 0 atom stereocenters. The van der Waals surface area contributed by atoms with Gasteiger partial charge in [-0.1, -0.05) is 68.8 Å². The van der Waals surface area contributed by atoms with Crippen molar-refractivity contribution in [2.24, 2.45) is 0 Å². The molecule has 1 amide bonds. The van der Waals surface area contributed by atoms with Gasteiger partial charge in [0.1, 0.15) is 0 Å². The number of nitrogens with zero attached hydrogens (tertiary/aromatic N) is 1. The Morgan fingerprint density at radius 2 is 1.50 bits per heavy atom.